The van der Waals surface area contributed by atoms with Crippen molar-refractivity contribution in [3.63, 3.8) is 0 Å². The summed E-state index contributed by atoms with van der Waals surface area (Å²) in [5.74, 6) is -0.0289. The highest BCUT2D eigenvalue weighted by atomic mass is 16.7. The number of nitrogens with one attached hydrogen (secondary N) is 2. The van der Waals surface area contributed by atoms with Crippen LogP contribution in [0.1, 0.15) is 30.4 Å². The maximum Gasteiger partial charge on any atom is 0.158 e. The molecular weight excluding hydrogens is 232 g/mol. The zero-order chi connectivity index (χ0) is 12.8. The third-order valence-electron chi connectivity index (χ3n) is 2.96. The summed E-state index contributed by atoms with van der Waals surface area (Å²) in [6.45, 7) is 1.13. The van der Waals surface area contributed by atoms with Gasteiger partial charge in [-0.2, -0.15) is 0 Å². The van der Waals surface area contributed by atoms with E-state index in [-0.39, 0.29) is 12.1 Å². The van der Waals surface area contributed by atoms with E-state index in [9.17, 15) is 0 Å². The van der Waals surface area contributed by atoms with E-state index in [2.05, 4.69) is 0 Å². The fourth-order valence-corrected chi connectivity index (χ4v) is 1.98. The van der Waals surface area contributed by atoms with Crippen molar-refractivity contribution in [3.05, 3.63) is 35.4 Å². The lowest BCUT2D eigenvalue weighted by atomic mass is 10.1. The van der Waals surface area contributed by atoms with Gasteiger partial charge in [-0.25, -0.2) is 0 Å². The number of ether oxygens (including phenoxy) is 2. The second kappa shape index (κ2) is 6.49. The van der Waals surface area contributed by atoms with Crippen molar-refractivity contribution < 1.29 is 14.7 Å². The first-order valence-corrected chi connectivity index (χ1v) is 6.11. The molecule has 1 aromatic rings. The Hall–Kier alpha value is -1.43. The average Bonchev–Trinajstić information content (AvgIpc) is 2.45. The van der Waals surface area contributed by atoms with E-state index in [1.807, 2.05) is 23.7 Å². The van der Waals surface area contributed by atoms with Crippen LogP contribution in [0.2, 0.25) is 0 Å². The summed E-state index contributed by atoms with van der Waals surface area (Å²) >= 11 is 0. The summed E-state index contributed by atoms with van der Waals surface area (Å²) in [7, 11) is 0. The molecule has 5 nitrogen and oxygen atoms in total. The van der Waals surface area contributed by atoms with Gasteiger partial charge in [0.2, 0.25) is 0 Å². The Morgan fingerprint density at radius 3 is 3.00 bits per heavy atom. The second-order valence-corrected chi connectivity index (χ2v) is 4.25. The molecule has 1 atom stereocenters. The van der Waals surface area contributed by atoms with Gasteiger partial charge in [0.25, 0.3) is 0 Å². The molecule has 18 heavy (non-hydrogen) atoms. The normalized spacial score (nSPS) is 19.5. The summed E-state index contributed by atoms with van der Waals surface area (Å²) in [5, 5.41) is 16.4. The van der Waals surface area contributed by atoms with Gasteiger partial charge in [0.05, 0.1) is 6.61 Å². The SMILES string of the molecule is N=C(NO)c1ccccc1COC1CCCCO1. The number of hydrogen-bond donors (Lipinski definition) is 3. The number of rotatable bonds is 4. The third kappa shape index (κ3) is 3.29. The minimum Gasteiger partial charge on any atom is -0.353 e. The van der Waals surface area contributed by atoms with Crippen LogP contribution in [0.25, 0.3) is 0 Å². The Morgan fingerprint density at radius 2 is 2.28 bits per heavy atom. The number of hydrogen-bond acceptors (Lipinski definition) is 4. The zero-order valence-electron chi connectivity index (χ0n) is 10.2. The summed E-state index contributed by atoms with van der Waals surface area (Å²) in [6, 6.07) is 7.35. The smallest absolute Gasteiger partial charge is 0.158 e. The molecule has 0 amide bonds. The molecule has 2 rings (SSSR count). The highest BCUT2D eigenvalue weighted by molar-refractivity contribution is 5.96. The Balaban J connectivity index is 1.97. The van der Waals surface area contributed by atoms with Crippen LogP contribution >= 0.6 is 0 Å². The maximum atomic E-state index is 8.79. The molecule has 1 unspecified atom stereocenters. The molecule has 1 aromatic carbocycles. The first-order chi connectivity index (χ1) is 8.81. The summed E-state index contributed by atoms with van der Waals surface area (Å²) in [4.78, 5) is 0. The van der Waals surface area contributed by atoms with Gasteiger partial charge in [0, 0.05) is 12.2 Å². The van der Waals surface area contributed by atoms with Crippen LogP contribution in [0, 0.1) is 5.41 Å². The van der Waals surface area contributed by atoms with Gasteiger partial charge in [-0.1, -0.05) is 24.3 Å². The van der Waals surface area contributed by atoms with Gasteiger partial charge in [-0.05, 0) is 24.8 Å². The number of hydroxylamine groups is 1. The van der Waals surface area contributed by atoms with Gasteiger partial charge >= 0.3 is 0 Å². The topological polar surface area (TPSA) is 74.6 Å². The molecule has 0 aromatic heterocycles. The monoisotopic (exact) mass is 250 g/mol. The Labute approximate surface area is 106 Å². The van der Waals surface area contributed by atoms with Crippen molar-refractivity contribution in [2.75, 3.05) is 6.61 Å². The van der Waals surface area contributed by atoms with Crippen LogP contribution in [0.3, 0.4) is 0 Å². The molecule has 0 radical (unpaired) electrons. The van der Waals surface area contributed by atoms with E-state index in [1.165, 1.54) is 0 Å². The predicted molar refractivity (Wildman–Crippen MR) is 66.6 cm³/mol. The molecule has 1 heterocycles. The summed E-state index contributed by atoms with van der Waals surface area (Å²) in [6.07, 6.45) is 2.98. The largest absolute Gasteiger partial charge is 0.353 e. The summed E-state index contributed by atoms with van der Waals surface area (Å²) < 4.78 is 11.2. The summed E-state index contributed by atoms with van der Waals surface area (Å²) in [5.41, 5.74) is 3.35. The minimum absolute atomic E-state index is 0.0289. The molecule has 1 fully saturated rings. The lowest BCUT2D eigenvalue weighted by molar-refractivity contribution is -0.168. The van der Waals surface area contributed by atoms with E-state index < -0.39 is 0 Å². The Bertz CT molecular complexity index is 403. The fraction of sp³-hybridized carbons (Fsp3) is 0.462. The molecule has 1 saturated heterocycles. The van der Waals surface area contributed by atoms with E-state index in [0.29, 0.717) is 12.2 Å². The van der Waals surface area contributed by atoms with E-state index in [1.54, 1.807) is 6.07 Å². The van der Waals surface area contributed by atoms with Crippen LogP contribution < -0.4 is 5.48 Å². The van der Waals surface area contributed by atoms with Crippen molar-refractivity contribution >= 4 is 5.84 Å². The second-order valence-electron chi connectivity index (χ2n) is 4.25. The van der Waals surface area contributed by atoms with Crippen molar-refractivity contribution in [3.8, 4) is 0 Å². The number of benzene rings is 1. The van der Waals surface area contributed by atoms with Crippen LogP contribution in [-0.4, -0.2) is 23.9 Å². The van der Waals surface area contributed by atoms with Gasteiger partial charge in [-0.3, -0.25) is 16.1 Å². The maximum absolute atomic E-state index is 8.79. The molecule has 1 aliphatic heterocycles. The first kappa shape index (κ1) is 13.0. The molecule has 0 saturated carbocycles. The molecule has 5 heteroatoms. The third-order valence-corrected chi connectivity index (χ3v) is 2.96. The number of amidine groups is 1. The zero-order valence-corrected chi connectivity index (χ0v) is 10.2. The standard InChI is InChI=1S/C13H18N2O3/c14-13(15-16)11-6-2-1-5-10(11)9-18-12-7-3-4-8-17-12/h1-2,5-6,12,16H,3-4,7-9H2,(H2,14,15). The van der Waals surface area contributed by atoms with Crippen LogP contribution in [0.5, 0.6) is 0 Å². The van der Waals surface area contributed by atoms with Gasteiger partial charge in [0.15, 0.2) is 6.29 Å². The van der Waals surface area contributed by atoms with Crippen molar-refractivity contribution in [1.29, 1.82) is 5.41 Å². The van der Waals surface area contributed by atoms with E-state index >= 15 is 0 Å². The van der Waals surface area contributed by atoms with Gasteiger partial charge < -0.3 is 9.47 Å². The molecule has 3 N–H and O–H groups in total. The molecule has 0 bridgehead atoms. The molecule has 1 aliphatic rings. The predicted octanol–water partition coefficient (Wildman–Crippen LogP) is 2.03. The highest BCUT2D eigenvalue weighted by Crippen LogP contribution is 2.17. The van der Waals surface area contributed by atoms with Crippen molar-refractivity contribution in [1.82, 2.24) is 5.48 Å². The molecule has 0 spiro atoms. The van der Waals surface area contributed by atoms with E-state index in [4.69, 9.17) is 20.1 Å². The molecular formula is C13H18N2O3. The first-order valence-electron chi connectivity index (χ1n) is 6.11. The van der Waals surface area contributed by atoms with Crippen LogP contribution in [0.4, 0.5) is 0 Å². The van der Waals surface area contributed by atoms with Crippen molar-refractivity contribution in [2.45, 2.75) is 32.2 Å². The quantitative estimate of drug-likeness (QED) is 0.434. The van der Waals surface area contributed by atoms with Gasteiger partial charge in [-0.15, -0.1) is 0 Å². The van der Waals surface area contributed by atoms with Crippen LogP contribution in [-0.2, 0) is 16.1 Å². The molecule has 0 aliphatic carbocycles. The molecule has 98 valence electrons. The fourth-order valence-electron chi connectivity index (χ4n) is 1.98. The Kier molecular flexibility index (Phi) is 4.69. The van der Waals surface area contributed by atoms with E-state index in [0.717, 1.165) is 31.4 Å². The lowest BCUT2D eigenvalue weighted by Crippen LogP contribution is -2.24. The Morgan fingerprint density at radius 1 is 1.44 bits per heavy atom. The minimum atomic E-state index is -0.150. The highest BCUT2D eigenvalue weighted by Gasteiger charge is 2.15. The average molecular weight is 250 g/mol. The van der Waals surface area contributed by atoms with Crippen molar-refractivity contribution in [2.24, 2.45) is 0 Å². The lowest BCUT2D eigenvalue weighted by Gasteiger charge is -2.23. The van der Waals surface area contributed by atoms with Gasteiger partial charge in [0.1, 0.15) is 5.84 Å². The van der Waals surface area contributed by atoms with Crippen LogP contribution in [0.15, 0.2) is 24.3 Å².